The van der Waals surface area contributed by atoms with Gasteiger partial charge in [0.25, 0.3) is 10.0 Å². The zero-order chi connectivity index (χ0) is 12.5. The van der Waals surface area contributed by atoms with Crippen LogP contribution in [0, 0.1) is 5.82 Å². The van der Waals surface area contributed by atoms with Gasteiger partial charge in [0.15, 0.2) is 5.13 Å². The molecule has 8 heteroatoms. The fraction of sp³-hybridized carbons (Fsp3) is 0. The minimum Gasteiger partial charge on any atom is -0.255 e. The Hall–Kier alpha value is -0.990. The molecule has 0 fully saturated rings. The quantitative estimate of drug-likeness (QED) is 0.937. The highest BCUT2D eigenvalue weighted by molar-refractivity contribution is 9.10. The van der Waals surface area contributed by atoms with Crippen LogP contribution in [-0.2, 0) is 10.0 Å². The molecule has 1 aromatic carbocycles. The third-order valence-corrected chi connectivity index (χ3v) is 4.52. The van der Waals surface area contributed by atoms with E-state index in [2.05, 4.69) is 25.6 Å². The van der Waals surface area contributed by atoms with Crippen LogP contribution in [0.1, 0.15) is 0 Å². The Bertz CT molecular complexity index is 628. The molecular weight excluding hydrogens is 331 g/mol. The van der Waals surface area contributed by atoms with Gasteiger partial charge in [-0.1, -0.05) is 15.9 Å². The maximum Gasteiger partial charge on any atom is 0.266 e. The molecule has 17 heavy (non-hydrogen) atoms. The minimum atomic E-state index is -3.93. The predicted molar refractivity (Wildman–Crippen MR) is 67.0 cm³/mol. The van der Waals surface area contributed by atoms with Gasteiger partial charge in [-0.3, -0.25) is 4.72 Å². The molecule has 0 atom stereocenters. The van der Waals surface area contributed by atoms with E-state index in [1.54, 1.807) is 5.38 Å². The lowest BCUT2D eigenvalue weighted by Gasteiger charge is -2.06. The lowest BCUT2D eigenvalue weighted by molar-refractivity contribution is 0.570. The van der Waals surface area contributed by atoms with Gasteiger partial charge in [0.1, 0.15) is 10.7 Å². The number of anilines is 1. The summed E-state index contributed by atoms with van der Waals surface area (Å²) in [7, 11) is -3.93. The van der Waals surface area contributed by atoms with Gasteiger partial charge in [-0.05, 0) is 18.2 Å². The highest BCUT2D eigenvalue weighted by atomic mass is 79.9. The summed E-state index contributed by atoms with van der Waals surface area (Å²) < 4.78 is 39.8. The Morgan fingerprint density at radius 3 is 2.76 bits per heavy atom. The Balaban J connectivity index is 2.38. The van der Waals surface area contributed by atoms with Crippen LogP contribution in [0.15, 0.2) is 39.1 Å². The Morgan fingerprint density at radius 2 is 2.18 bits per heavy atom. The summed E-state index contributed by atoms with van der Waals surface area (Å²) in [6.07, 6.45) is 1.46. The van der Waals surface area contributed by atoms with Crippen LogP contribution in [-0.4, -0.2) is 13.4 Å². The van der Waals surface area contributed by atoms with Gasteiger partial charge in [0.2, 0.25) is 0 Å². The molecule has 1 N–H and O–H groups in total. The van der Waals surface area contributed by atoms with Gasteiger partial charge in [-0.25, -0.2) is 17.8 Å². The van der Waals surface area contributed by atoms with Gasteiger partial charge in [-0.15, -0.1) is 11.3 Å². The maximum absolute atomic E-state index is 13.5. The number of hydrogen-bond acceptors (Lipinski definition) is 4. The molecule has 4 nitrogen and oxygen atoms in total. The molecule has 90 valence electrons. The highest BCUT2D eigenvalue weighted by Gasteiger charge is 2.20. The fourth-order valence-electron chi connectivity index (χ4n) is 1.14. The first-order chi connectivity index (χ1) is 7.99. The number of nitrogens with zero attached hydrogens (tertiary/aromatic N) is 1. The second kappa shape index (κ2) is 4.71. The van der Waals surface area contributed by atoms with E-state index in [0.29, 0.717) is 4.47 Å². The van der Waals surface area contributed by atoms with Crippen LogP contribution in [0.4, 0.5) is 9.52 Å². The summed E-state index contributed by atoms with van der Waals surface area (Å²) in [5.74, 6) is -0.816. The average molecular weight is 337 g/mol. The second-order valence-electron chi connectivity index (χ2n) is 3.02. The Labute approximate surface area is 110 Å². The van der Waals surface area contributed by atoms with Crippen molar-refractivity contribution >= 4 is 42.4 Å². The first kappa shape index (κ1) is 12.5. The molecule has 0 saturated heterocycles. The van der Waals surface area contributed by atoms with E-state index in [9.17, 15) is 12.8 Å². The SMILES string of the molecule is O=S(=O)(Nc1nccs1)c1ccc(Br)cc1F. The summed E-state index contributed by atoms with van der Waals surface area (Å²) in [4.78, 5) is 3.36. The largest absolute Gasteiger partial charge is 0.266 e. The van der Waals surface area contributed by atoms with Crippen molar-refractivity contribution in [2.24, 2.45) is 0 Å². The smallest absolute Gasteiger partial charge is 0.255 e. The van der Waals surface area contributed by atoms with E-state index < -0.39 is 20.7 Å². The Kier molecular flexibility index (Phi) is 3.45. The summed E-state index contributed by atoms with van der Waals surface area (Å²) in [6, 6.07) is 3.74. The molecule has 0 radical (unpaired) electrons. The van der Waals surface area contributed by atoms with Gasteiger partial charge in [-0.2, -0.15) is 0 Å². The lowest BCUT2D eigenvalue weighted by atomic mass is 10.3. The molecule has 1 heterocycles. The third-order valence-electron chi connectivity index (χ3n) is 1.84. The number of hydrogen-bond donors (Lipinski definition) is 1. The zero-order valence-electron chi connectivity index (χ0n) is 8.22. The summed E-state index contributed by atoms with van der Waals surface area (Å²) in [5, 5.41) is 1.82. The van der Waals surface area contributed by atoms with E-state index in [1.807, 2.05) is 0 Å². The first-order valence-corrected chi connectivity index (χ1v) is 7.52. The van der Waals surface area contributed by atoms with E-state index in [1.165, 1.54) is 18.3 Å². The molecule has 2 aromatic rings. The number of thiazole rings is 1. The van der Waals surface area contributed by atoms with Crippen LogP contribution in [0.5, 0.6) is 0 Å². The molecule has 0 saturated carbocycles. The predicted octanol–water partition coefficient (Wildman–Crippen LogP) is 2.85. The molecule has 2 rings (SSSR count). The highest BCUT2D eigenvalue weighted by Crippen LogP contribution is 2.22. The van der Waals surface area contributed by atoms with E-state index in [0.717, 1.165) is 17.4 Å². The number of rotatable bonds is 3. The molecule has 0 spiro atoms. The van der Waals surface area contributed by atoms with Gasteiger partial charge in [0.05, 0.1) is 0 Å². The van der Waals surface area contributed by atoms with Gasteiger partial charge < -0.3 is 0 Å². The molecular formula is C9H6BrFN2O2S2. The number of halogens is 2. The van der Waals surface area contributed by atoms with Crippen molar-refractivity contribution < 1.29 is 12.8 Å². The molecule has 1 aromatic heterocycles. The monoisotopic (exact) mass is 336 g/mol. The second-order valence-corrected chi connectivity index (χ2v) is 6.48. The average Bonchev–Trinajstić information content (AvgIpc) is 2.68. The molecule has 0 aliphatic rings. The minimum absolute atomic E-state index is 0.201. The number of aromatic nitrogens is 1. The van der Waals surface area contributed by atoms with Crippen molar-refractivity contribution in [3.05, 3.63) is 40.1 Å². The van der Waals surface area contributed by atoms with Crippen LogP contribution in [0.2, 0.25) is 0 Å². The van der Waals surface area contributed by atoms with Crippen molar-refractivity contribution in [1.82, 2.24) is 4.98 Å². The normalized spacial score (nSPS) is 11.4. The Morgan fingerprint density at radius 1 is 1.41 bits per heavy atom. The van der Waals surface area contributed by atoms with Crippen molar-refractivity contribution in [2.75, 3.05) is 4.72 Å². The molecule has 0 aliphatic heterocycles. The molecule has 0 aliphatic carbocycles. The lowest BCUT2D eigenvalue weighted by Crippen LogP contribution is -2.14. The van der Waals surface area contributed by atoms with Gasteiger partial charge in [0, 0.05) is 16.0 Å². The standard InChI is InChI=1S/C9H6BrFN2O2S2/c10-6-1-2-8(7(11)5-6)17(14,15)13-9-12-3-4-16-9/h1-5H,(H,12,13). The number of sulfonamides is 1. The molecule has 0 amide bonds. The van der Waals surface area contributed by atoms with Crippen molar-refractivity contribution in [1.29, 1.82) is 0 Å². The van der Waals surface area contributed by atoms with E-state index in [4.69, 9.17) is 0 Å². The van der Waals surface area contributed by atoms with Crippen LogP contribution in [0.3, 0.4) is 0 Å². The maximum atomic E-state index is 13.5. The molecule has 0 bridgehead atoms. The van der Waals surface area contributed by atoms with Crippen molar-refractivity contribution in [3.8, 4) is 0 Å². The third kappa shape index (κ3) is 2.82. The summed E-state index contributed by atoms with van der Waals surface area (Å²) in [6.45, 7) is 0. The van der Waals surface area contributed by atoms with Gasteiger partial charge >= 0.3 is 0 Å². The van der Waals surface area contributed by atoms with Crippen molar-refractivity contribution in [2.45, 2.75) is 4.90 Å². The van der Waals surface area contributed by atoms with Crippen LogP contribution in [0.25, 0.3) is 0 Å². The van der Waals surface area contributed by atoms with Crippen LogP contribution >= 0.6 is 27.3 Å². The van der Waals surface area contributed by atoms with Crippen LogP contribution < -0.4 is 4.72 Å². The van der Waals surface area contributed by atoms with E-state index in [-0.39, 0.29) is 5.13 Å². The molecule has 0 unspecified atom stereocenters. The summed E-state index contributed by atoms with van der Waals surface area (Å²) >= 11 is 4.18. The fourth-order valence-corrected chi connectivity index (χ4v) is 3.32. The number of nitrogens with one attached hydrogen (secondary N) is 1. The van der Waals surface area contributed by atoms with E-state index >= 15 is 0 Å². The topological polar surface area (TPSA) is 59.1 Å². The first-order valence-electron chi connectivity index (χ1n) is 4.36. The van der Waals surface area contributed by atoms with Crippen molar-refractivity contribution in [3.63, 3.8) is 0 Å². The zero-order valence-corrected chi connectivity index (χ0v) is 11.4. The summed E-state index contributed by atoms with van der Waals surface area (Å²) in [5.41, 5.74) is 0. The number of benzene rings is 1.